The molecule has 0 saturated carbocycles. The molecular weight excluding hydrogens is 242 g/mol. The number of carbonyl (C=O) groups is 1. The summed E-state index contributed by atoms with van der Waals surface area (Å²) in [6, 6.07) is 0. The van der Waals surface area contributed by atoms with E-state index in [9.17, 15) is 4.79 Å². The van der Waals surface area contributed by atoms with Crippen molar-refractivity contribution in [3.8, 4) is 0 Å². The molecule has 0 radical (unpaired) electrons. The molecule has 2 heterocycles. The minimum atomic E-state index is 0.0777. The van der Waals surface area contributed by atoms with Gasteiger partial charge in [-0.25, -0.2) is 0 Å². The number of amides is 1. The quantitative estimate of drug-likeness (QED) is 0.731. The Hall–Kier alpha value is -1.57. The molecule has 0 aliphatic carbocycles. The number of hydrogen-bond acceptors (Lipinski definition) is 6. The molecule has 2 aromatic heterocycles. The van der Waals surface area contributed by atoms with Crippen molar-refractivity contribution in [2.24, 2.45) is 0 Å². The zero-order valence-electron chi connectivity index (χ0n) is 9.66. The lowest BCUT2D eigenvalue weighted by Gasteiger charge is -2.17. The van der Waals surface area contributed by atoms with E-state index in [2.05, 4.69) is 15.3 Å². The van der Waals surface area contributed by atoms with Gasteiger partial charge in [-0.2, -0.15) is 4.52 Å². The standard InChI is InChI=1S/C9H13N5O2S/c1-3-13(4-2)7(15)5-17-9-12-14-6-10-11-8(14)16-9/h6H,3-5H2,1-2H3. The normalized spacial score (nSPS) is 10.9. The van der Waals surface area contributed by atoms with Crippen LogP contribution in [0.2, 0.25) is 0 Å². The van der Waals surface area contributed by atoms with Crippen LogP contribution in [0, 0.1) is 0 Å². The Morgan fingerprint density at radius 2 is 2.29 bits per heavy atom. The van der Waals surface area contributed by atoms with Gasteiger partial charge in [0.15, 0.2) is 0 Å². The van der Waals surface area contributed by atoms with Crippen molar-refractivity contribution in [2.45, 2.75) is 19.1 Å². The van der Waals surface area contributed by atoms with Crippen molar-refractivity contribution in [3.63, 3.8) is 0 Å². The minimum Gasteiger partial charge on any atom is -0.396 e. The fraction of sp³-hybridized carbons (Fsp3) is 0.556. The van der Waals surface area contributed by atoms with E-state index in [1.165, 1.54) is 22.6 Å². The van der Waals surface area contributed by atoms with Crippen molar-refractivity contribution < 1.29 is 9.21 Å². The number of thioether (sulfide) groups is 1. The van der Waals surface area contributed by atoms with Gasteiger partial charge in [-0.15, -0.1) is 10.2 Å². The van der Waals surface area contributed by atoms with Crippen LogP contribution in [-0.2, 0) is 4.79 Å². The van der Waals surface area contributed by atoms with Gasteiger partial charge in [-0.05, 0) is 13.8 Å². The third kappa shape index (κ3) is 2.57. The van der Waals surface area contributed by atoms with Crippen LogP contribution >= 0.6 is 11.8 Å². The Morgan fingerprint density at radius 1 is 1.53 bits per heavy atom. The van der Waals surface area contributed by atoms with E-state index in [1.807, 2.05) is 13.8 Å². The molecule has 0 fully saturated rings. The second-order valence-electron chi connectivity index (χ2n) is 3.28. The second-order valence-corrected chi connectivity index (χ2v) is 4.21. The smallest absolute Gasteiger partial charge is 0.345 e. The molecule has 0 atom stereocenters. The summed E-state index contributed by atoms with van der Waals surface area (Å²) in [4.78, 5) is 13.5. The fourth-order valence-corrected chi connectivity index (χ4v) is 2.10. The zero-order chi connectivity index (χ0) is 12.3. The Balaban J connectivity index is 1.94. The molecule has 1 amide bonds. The molecule has 0 aliphatic rings. The van der Waals surface area contributed by atoms with Crippen molar-refractivity contribution >= 4 is 23.5 Å². The first-order chi connectivity index (χ1) is 8.24. The van der Waals surface area contributed by atoms with Gasteiger partial charge in [0.25, 0.3) is 5.22 Å². The predicted octanol–water partition coefficient (Wildman–Crippen LogP) is 0.678. The minimum absolute atomic E-state index is 0.0777. The maximum absolute atomic E-state index is 11.7. The van der Waals surface area contributed by atoms with Gasteiger partial charge in [0, 0.05) is 13.1 Å². The van der Waals surface area contributed by atoms with Crippen LogP contribution in [0.4, 0.5) is 0 Å². The molecule has 92 valence electrons. The third-order valence-electron chi connectivity index (χ3n) is 2.30. The van der Waals surface area contributed by atoms with Crippen molar-refractivity contribution in [3.05, 3.63) is 6.33 Å². The number of hydrogen-bond donors (Lipinski definition) is 0. The zero-order valence-corrected chi connectivity index (χ0v) is 10.5. The molecule has 0 N–H and O–H groups in total. The molecule has 0 aliphatic heterocycles. The van der Waals surface area contributed by atoms with E-state index in [0.29, 0.717) is 29.9 Å². The van der Waals surface area contributed by atoms with Crippen molar-refractivity contribution in [1.82, 2.24) is 24.7 Å². The highest BCUT2D eigenvalue weighted by molar-refractivity contribution is 7.99. The highest BCUT2D eigenvalue weighted by atomic mass is 32.2. The largest absolute Gasteiger partial charge is 0.396 e. The van der Waals surface area contributed by atoms with Crippen LogP contribution < -0.4 is 0 Å². The van der Waals surface area contributed by atoms with Gasteiger partial charge >= 0.3 is 5.84 Å². The van der Waals surface area contributed by atoms with Crippen molar-refractivity contribution in [2.75, 3.05) is 18.8 Å². The summed E-state index contributed by atoms with van der Waals surface area (Å²) in [5.41, 5.74) is 0. The van der Waals surface area contributed by atoms with Crippen LogP contribution in [0.15, 0.2) is 16.0 Å². The Labute approximate surface area is 102 Å². The van der Waals surface area contributed by atoms with Crippen LogP contribution in [0.25, 0.3) is 5.84 Å². The molecule has 0 saturated heterocycles. The second kappa shape index (κ2) is 5.17. The molecule has 2 aromatic rings. The lowest BCUT2D eigenvalue weighted by molar-refractivity contribution is -0.127. The number of aromatic nitrogens is 4. The molecule has 2 rings (SSSR count). The lowest BCUT2D eigenvalue weighted by Crippen LogP contribution is -2.31. The molecule has 0 aromatic carbocycles. The van der Waals surface area contributed by atoms with E-state index in [4.69, 9.17) is 4.42 Å². The molecule has 8 heteroatoms. The third-order valence-corrected chi connectivity index (χ3v) is 3.11. The summed E-state index contributed by atoms with van der Waals surface area (Å²) < 4.78 is 6.71. The van der Waals surface area contributed by atoms with E-state index in [1.54, 1.807) is 4.90 Å². The van der Waals surface area contributed by atoms with Gasteiger partial charge in [-0.3, -0.25) is 4.79 Å². The summed E-state index contributed by atoms with van der Waals surface area (Å²) in [7, 11) is 0. The molecule has 17 heavy (non-hydrogen) atoms. The average molecular weight is 255 g/mol. The first-order valence-electron chi connectivity index (χ1n) is 5.32. The summed E-state index contributed by atoms with van der Waals surface area (Å²) in [6.07, 6.45) is 1.45. The topological polar surface area (TPSA) is 76.5 Å². The van der Waals surface area contributed by atoms with Crippen LogP contribution in [0.5, 0.6) is 0 Å². The van der Waals surface area contributed by atoms with Crippen LogP contribution in [-0.4, -0.2) is 49.5 Å². The van der Waals surface area contributed by atoms with Gasteiger partial charge in [0.05, 0.1) is 5.75 Å². The summed E-state index contributed by atoms with van der Waals surface area (Å²) in [5, 5.41) is 11.8. The summed E-state index contributed by atoms with van der Waals surface area (Å²) in [5.74, 6) is 0.732. The fourth-order valence-electron chi connectivity index (χ4n) is 1.39. The van der Waals surface area contributed by atoms with Crippen molar-refractivity contribution in [1.29, 1.82) is 0 Å². The maximum Gasteiger partial charge on any atom is 0.345 e. The highest BCUT2D eigenvalue weighted by Crippen LogP contribution is 2.17. The molecular formula is C9H13N5O2S. The highest BCUT2D eigenvalue weighted by Gasteiger charge is 2.13. The number of nitrogens with zero attached hydrogens (tertiary/aromatic N) is 5. The first-order valence-corrected chi connectivity index (χ1v) is 6.30. The summed E-state index contributed by atoms with van der Waals surface area (Å²) >= 11 is 1.26. The average Bonchev–Trinajstić information content (AvgIpc) is 2.88. The predicted molar refractivity (Wildman–Crippen MR) is 61.7 cm³/mol. The number of rotatable bonds is 5. The monoisotopic (exact) mass is 255 g/mol. The molecule has 0 bridgehead atoms. The number of carbonyl (C=O) groups excluding carboxylic acids is 1. The van der Waals surface area contributed by atoms with Crippen LogP contribution in [0.1, 0.15) is 13.8 Å². The van der Waals surface area contributed by atoms with E-state index in [0.717, 1.165) is 0 Å². The van der Waals surface area contributed by atoms with Gasteiger partial charge in [0.2, 0.25) is 5.91 Å². The summed E-state index contributed by atoms with van der Waals surface area (Å²) in [6.45, 7) is 5.34. The maximum atomic E-state index is 11.7. The Morgan fingerprint density at radius 3 is 2.94 bits per heavy atom. The number of fused-ring (bicyclic) bond motifs is 1. The van der Waals surface area contributed by atoms with E-state index < -0.39 is 0 Å². The Bertz CT molecular complexity index is 476. The molecule has 0 unspecified atom stereocenters. The molecule has 7 nitrogen and oxygen atoms in total. The van der Waals surface area contributed by atoms with Gasteiger partial charge in [-0.1, -0.05) is 16.9 Å². The lowest BCUT2D eigenvalue weighted by atomic mass is 10.5. The van der Waals surface area contributed by atoms with E-state index in [-0.39, 0.29) is 5.91 Å². The Kier molecular flexibility index (Phi) is 3.62. The van der Waals surface area contributed by atoms with Crippen LogP contribution in [0.3, 0.4) is 0 Å². The molecule has 0 spiro atoms. The van der Waals surface area contributed by atoms with Gasteiger partial charge in [0.1, 0.15) is 6.33 Å². The van der Waals surface area contributed by atoms with Gasteiger partial charge < -0.3 is 9.32 Å². The van der Waals surface area contributed by atoms with E-state index >= 15 is 0 Å². The SMILES string of the molecule is CCN(CC)C(=O)CSc1nn2cnnc2o1. The first kappa shape index (κ1) is 11.9.